The van der Waals surface area contributed by atoms with Crippen molar-refractivity contribution >= 4 is 0 Å². The Bertz CT molecular complexity index is 256. The van der Waals surface area contributed by atoms with Gasteiger partial charge in [-0.15, -0.1) is 0 Å². The number of hydrogen-bond donors (Lipinski definition) is 1. The lowest BCUT2D eigenvalue weighted by Crippen LogP contribution is -2.43. The molecule has 0 aromatic carbocycles. The first-order valence-corrected chi connectivity index (χ1v) is 8.32. The van der Waals surface area contributed by atoms with E-state index in [1.54, 1.807) is 0 Å². The summed E-state index contributed by atoms with van der Waals surface area (Å²) in [7, 11) is 0. The molecule has 0 amide bonds. The third kappa shape index (κ3) is 3.27. The third-order valence-electron chi connectivity index (χ3n) is 5.41. The minimum absolute atomic E-state index is 0.796. The van der Waals surface area contributed by atoms with Crippen molar-refractivity contribution in [3.8, 4) is 0 Å². The topological polar surface area (TPSA) is 15.3 Å². The highest BCUT2D eigenvalue weighted by atomic mass is 15.2. The van der Waals surface area contributed by atoms with Crippen LogP contribution in [0.4, 0.5) is 0 Å². The van der Waals surface area contributed by atoms with Crippen LogP contribution in [0.3, 0.4) is 0 Å². The summed E-state index contributed by atoms with van der Waals surface area (Å²) in [5, 5.41) is 3.69. The Morgan fingerprint density at radius 3 is 2.44 bits per heavy atom. The molecule has 2 heteroatoms. The summed E-state index contributed by atoms with van der Waals surface area (Å²) in [4.78, 5) is 2.87. The summed E-state index contributed by atoms with van der Waals surface area (Å²) < 4.78 is 0. The molecule has 0 bridgehead atoms. The monoisotopic (exact) mass is 250 g/mol. The van der Waals surface area contributed by atoms with Gasteiger partial charge in [-0.25, -0.2) is 0 Å². The van der Waals surface area contributed by atoms with Crippen molar-refractivity contribution in [1.29, 1.82) is 0 Å². The van der Waals surface area contributed by atoms with E-state index in [0.717, 1.165) is 23.9 Å². The first kappa shape index (κ1) is 12.9. The number of nitrogens with one attached hydrogen (secondary N) is 1. The Balaban J connectivity index is 1.54. The van der Waals surface area contributed by atoms with Crippen LogP contribution in [-0.2, 0) is 0 Å². The molecule has 3 rings (SSSR count). The maximum absolute atomic E-state index is 3.69. The fraction of sp³-hybridized carbons (Fsp3) is 1.00. The van der Waals surface area contributed by atoms with Gasteiger partial charge < -0.3 is 5.32 Å². The summed E-state index contributed by atoms with van der Waals surface area (Å²) in [5.41, 5.74) is 0. The zero-order valence-electron chi connectivity index (χ0n) is 12.0. The molecule has 3 unspecified atom stereocenters. The average Bonchev–Trinajstić information content (AvgIpc) is 2.89. The highest BCUT2D eigenvalue weighted by molar-refractivity contribution is 4.89. The second-order valence-corrected chi connectivity index (χ2v) is 6.93. The van der Waals surface area contributed by atoms with Gasteiger partial charge >= 0.3 is 0 Å². The van der Waals surface area contributed by atoms with Gasteiger partial charge in [0.1, 0.15) is 0 Å². The van der Waals surface area contributed by atoms with Crippen molar-refractivity contribution in [2.75, 3.05) is 19.6 Å². The van der Waals surface area contributed by atoms with Crippen LogP contribution in [0.25, 0.3) is 0 Å². The minimum Gasteiger partial charge on any atom is -0.313 e. The summed E-state index contributed by atoms with van der Waals surface area (Å²) in [6, 6.07) is 1.71. The van der Waals surface area contributed by atoms with Crippen LogP contribution in [0, 0.1) is 11.8 Å². The van der Waals surface area contributed by atoms with Gasteiger partial charge in [-0.1, -0.05) is 13.3 Å². The molecule has 3 atom stereocenters. The van der Waals surface area contributed by atoms with E-state index in [0.29, 0.717) is 0 Å². The molecule has 18 heavy (non-hydrogen) atoms. The molecule has 1 heterocycles. The molecule has 2 nitrogen and oxygen atoms in total. The molecule has 2 aliphatic carbocycles. The highest BCUT2D eigenvalue weighted by Gasteiger charge is 2.33. The third-order valence-corrected chi connectivity index (χ3v) is 5.41. The predicted octanol–water partition coefficient (Wildman–Crippen LogP) is 3.03. The van der Waals surface area contributed by atoms with E-state index in [1.807, 2.05) is 0 Å². The number of rotatable bonds is 6. The fourth-order valence-electron chi connectivity index (χ4n) is 3.95. The zero-order valence-corrected chi connectivity index (χ0v) is 12.0. The molecule has 0 spiro atoms. The van der Waals surface area contributed by atoms with E-state index in [-0.39, 0.29) is 0 Å². The van der Waals surface area contributed by atoms with Crippen LogP contribution < -0.4 is 5.32 Å². The maximum atomic E-state index is 3.69. The van der Waals surface area contributed by atoms with E-state index in [1.165, 1.54) is 71.0 Å². The Labute approximate surface area is 113 Å². The molecule has 3 fully saturated rings. The summed E-state index contributed by atoms with van der Waals surface area (Å²) in [5.74, 6) is 2.07. The van der Waals surface area contributed by atoms with Gasteiger partial charge in [0.15, 0.2) is 0 Å². The van der Waals surface area contributed by atoms with E-state index in [9.17, 15) is 0 Å². The standard InChI is InChI=1S/C16H30N2/c1-2-13-7-8-16(10-13)18(11-14-5-6-14)12-15-4-3-9-17-15/h13-17H,2-12H2,1H3. The molecule has 1 aliphatic heterocycles. The van der Waals surface area contributed by atoms with Crippen LogP contribution in [0.15, 0.2) is 0 Å². The van der Waals surface area contributed by atoms with E-state index in [4.69, 9.17) is 0 Å². The summed E-state index contributed by atoms with van der Waals surface area (Å²) >= 11 is 0. The zero-order chi connectivity index (χ0) is 12.4. The van der Waals surface area contributed by atoms with Gasteiger partial charge in [0.05, 0.1) is 0 Å². The Morgan fingerprint density at radius 1 is 1.00 bits per heavy atom. The maximum Gasteiger partial charge on any atom is 0.0195 e. The van der Waals surface area contributed by atoms with Crippen molar-refractivity contribution < 1.29 is 0 Å². The second-order valence-electron chi connectivity index (χ2n) is 6.93. The first-order chi connectivity index (χ1) is 8.85. The number of hydrogen-bond acceptors (Lipinski definition) is 2. The molecule has 2 saturated carbocycles. The van der Waals surface area contributed by atoms with E-state index < -0.39 is 0 Å². The average molecular weight is 250 g/mol. The Hall–Kier alpha value is -0.0800. The lowest BCUT2D eigenvalue weighted by atomic mass is 10.0. The molecule has 0 radical (unpaired) electrons. The van der Waals surface area contributed by atoms with Gasteiger partial charge in [-0.05, 0) is 63.3 Å². The number of nitrogens with zero attached hydrogens (tertiary/aromatic N) is 1. The summed E-state index contributed by atoms with van der Waals surface area (Å²) in [6.45, 7) is 6.36. The van der Waals surface area contributed by atoms with Crippen molar-refractivity contribution in [1.82, 2.24) is 10.2 Å². The van der Waals surface area contributed by atoms with Crippen molar-refractivity contribution in [2.24, 2.45) is 11.8 Å². The molecular weight excluding hydrogens is 220 g/mol. The molecule has 1 saturated heterocycles. The molecule has 104 valence electrons. The van der Waals surface area contributed by atoms with Gasteiger partial charge in [-0.2, -0.15) is 0 Å². The smallest absolute Gasteiger partial charge is 0.0195 e. The van der Waals surface area contributed by atoms with Crippen LogP contribution >= 0.6 is 0 Å². The molecular formula is C16H30N2. The molecule has 0 aromatic heterocycles. The van der Waals surface area contributed by atoms with E-state index in [2.05, 4.69) is 17.1 Å². The van der Waals surface area contributed by atoms with Crippen molar-refractivity contribution in [3.63, 3.8) is 0 Å². The lowest BCUT2D eigenvalue weighted by Gasteiger charge is -2.31. The van der Waals surface area contributed by atoms with Crippen molar-refractivity contribution in [3.05, 3.63) is 0 Å². The lowest BCUT2D eigenvalue weighted by molar-refractivity contribution is 0.170. The van der Waals surface area contributed by atoms with Crippen LogP contribution in [0.2, 0.25) is 0 Å². The quantitative estimate of drug-likeness (QED) is 0.779. The van der Waals surface area contributed by atoms with Crippen LogP contribution in [0.1, 0.15) is 58.3 Å². The SMILES string of the molecule is CCC1CCC(N(CC2CC2)CC2CCCN2)C1. The van der Waals surface area contributed by atoms with Crippen LogP contribution in [0.5, 0.6) is 0 Å². The Kier molecular flexibility index (Phi) is 4.25. The van der Waals surface area contributed by atoms with Gasteiger partial charge in [0.2, 0.25) is 0 Å². The highest BCUT2D eigenvalue weighted by Crippen LogP contribution is 2.36. The Morgan fingerprint density at radius 2 is 1.83 bits per heavy atom. The molecule has 3 aliphatic rings. The minimum atomic E-state index is 0.796. The van der Waals surface area contributed by atoms with Gasteiger partial charge in [0.25, 0.3) is 0 Å². The van der Waals surface area contributed by atoms with Crippen LogP contribution in [-0.4, -0.2) is 36.6 Å². The van der Waals surface area contributed by atoms with Gasteiger partial charge in [-0.3, -0.25) is 4.90 Å². The van der Waals surface area contributed by atoms with Crippen molar-refractivity contribution in [2.45, 2.75) is 70.4 Å². The molecule has 0 aromatic rings. The summed E-state index contributed by atoms with van der Waals surface area (Å²) in [6.07, 6.45) is 11.6. The largest absolute Gasteiger partial charge is 0.313 e. The first-order valence-electron chi connectivity index (χ1n) is 8.32. The predicted molar refractivity (Wildman–Crippen MR) is 76.7 cm³/mol. The second kappa shape index (κ2) is 5.92. The van der Waals surface area contributed by atoms with E-state index >= 15 is 0 Å². The normalized spacial score (nSPS) is 36.7. The molecule has 1 N–H and O–H groups in total. The van der Waals surface area contributed by atoms with Gasteiger partial charge in [0, 0.05) is 25.2 Å². The fourth-order valence-corrected chi connectivity index (χ4v) is 3.95.